The fraction of sp³-hybridized carbons (Fsp3) is 0.417. The van der Waals surface area contributed by atoms with Crippen molar-refractivity contribution in [1.29, 1.82) is 0 Å². The lowest BCUT2D eigenvalue weighted by atomic mass is 10.0. The fourth-order valence-electron chi connectivity index (χ4n) is 4.55. The highest BCUT2D eigenvalue weighted by Gasteiger charge is 2.23. The minimum Gasteiger partial charge on any atom is -0.496 e. The molecule has 1 heterocycles. The predicted molar refractivity (Wildman–Crippen MR) is 117 cm³/mol. The normalized spacial score (nSPS) is 17.8. The first kappa shape index (κ1) is 20.3. The van der Waals surface area contributed by atoms with Gasteiger partial charge in [-0.1, -0.05) is 24.6 Å². The molecule has 3 aromatic rings. The Kier molecular flexibility index (Phi) is 5.86. The summed E-state index contributed by atoms with van der Waals surface area (Å²) >= 11 is 6.31. The zero-order chi connectivity index (χ0) is 20.5. The number of ether oxygens (including phenoxy) is 1. The molecule has 0 bridgehead atoms. The van der Waals surface area contributed by atoms with Gasteiger partial charge in [-0.15, -0.1) is 0 Å². The Bertz CT molecular complexity index is 1030. The van der Waals surface area contributed by atoms with Crippen molar-refractivity contribution in [2.45, 2.75) is 51.9 Å². The third-order valence-corrected chi connectivity index (χ3v) is 6.46. The molecular weight excluding hydrogens is 386 g/mol. The van der Waals surface area contributed by atoms with Gasteiger partial charge >= 0.3 is 0 Å². The number of rotatable bonds is 5. The van der Waals surface area contributed by atoms with Crippen molar-refractivity contribution in [2.24, 2.45) is 5.92 Å². The molecule has 5 heteroatoms. The van der Waals surface area contributed by atoms with Gasteiger partial charge in [-0.3, -0.25) is 0 Å². The quantitative estimate of drug-likeness (QED) is 0.576. The monoisotopic (exact) mass is 413 g/mol. The van der Waals surface area contributed by atoms with E-state index in [1.165, 1.54) is 23.1 Å². The first-order chi connectivity index (χ1) is 14.0. The van der Waals surface area contributed by atoms with Gasteiger partial charge in [-0.2, -0.15) is 0 Å². The SMILES string of the molecule is COc1ccc(C(O)Cn2c3c(c4cc(Cl)ccc42)CCC(C)CC3)cc1CO. The maximum absolute atomic E-state index is 11.0. The van der Waals surface area contributed by atoms with Crippen LogP contribution in [0.2, 0.25) is 5.02 Å². The topological polar surface area (TPSA) is 54.6 Å². The summed E-state index contributed by atoms with van der Waals surface area (Å²) in [6.45, 7) is 2.66. The molecule has 2 unspecified atom stereocenters. The lowest BCUT2D eigenvalue weighted by Crippen LogP contribution is -2.12. The molecule has 2 aromatic carbocycles. The Hall–Kier alpha value is -2.01. The molecule has 0 saturated carbocycles. The molecule has 1 aromatic heterocycles. The number of aliphatic hydroxyl groups is 2. The summed E-state index contributed by atoms with van der Waals surface area (Å²) in [5.41, 5.74) is 5.29. The van der Waals surface area contributed by atoms with Crippen LogP contribution in [-0.2, 0) is 26.0 Å². The highest BCUT2D eigenvalue weighted by molar-refractivity contribution is 6.31. The molecule has 4 rings (SSSR count). The Labute approximate surface area is 176 Å². The molecule has 0 aliphatic heterocycles. The van der Waals surface area contributed by atoms with Crippen LogP contribution in [0.5, 0.6) is 5.75 Å². The van der Waals surface area contributed by atoms with Gasteiger partial charge in [-0.05, 0) is 73.1 Å². The van der Waals surface area contributed by atoms with Gasteiger partial charge in [0.15, 0.2) is 0 Å². The molecule has 0 spiro atoms. The standard InChI is InChI=1S/C24H28ClNO3/c1-15-3-7-19-20-12-18(25)6-9-22(20)26(21(19)8-4-15)13-23(28)16-5-10-24(29-2)17(11-16)14-27/h5-6,9-12,15,23,27-28H,3-4,7-8,13-14H2,1-2H3. The molecular formula is C24H28ClNO3. The minimum atomic E-state index is -0.678. The molecule has 0 saturated heterocycles. The number of benzene rings is 2. The van der Waals surface area contributed by atoms with Crippen molar-refractivity contribution < 1.29 is 14.9 Å². The second-order valence-electron chi connectivity index (χ2n) is 8.13. The van der Waals surface area contributed by atoms with Crippen molar-refractivity contribution in [3.8, 4) is 5.75 Å². The van der Waals surface area contributed by atoms with Crippen LogP contribution in [0.25, 0.3) is 10.9 Å². The number of methoxy groups -OCH3 is 1. The molecule has 0 radical (unpaired) electrons. The largest absolute Gasteiger partial charge is 0.496 e. The van der Waals surface area contributed by atoms with E-state index in [1.54, 1.807) is 13.2 Å². The van der Waals surface area contributed by atoms with Gasteiger partial charge in [0.2, 0.25) is 0 Å². The van der Waals surface area contributed by atoms with Crippen molar-refractivity contribution in [3.05, 3.63) is 63.8 Å². The molecule has 1 aliphatic carbocycles. The summed E-state index contributed by atoms with van der Waals surface area (Å²) in [6.07, 6.45) is 3.72. The number of hydrogen-bond donors (Lipinski definition) is 2. The fourth-order valence-corrected chi connectivity index (χ4v) is 4.72. The Morgan fingerprint density at radius 2 is 1.97 bits per heavy atom. The van der Waals surface area contributed by atoms with Crippen LogP contribution in [-0.4, -0.2) is 21.9 Å². The van der Waals surface area contributed by atoms with Crippen LogP contribution in [0.4, 0.5) is 0 Å². The Morgan fingerprint density at radius 1 is 1.17 bits per heavy atom. The molecule has 0 fully saturated rings. The van der Waals surface area contributed by atoms with Crippen LogP contribution >= 0.6 is 11.6 Å². The van der Waals surface area contributed by atoms with Crippen molar-refractivity contribution in [1.82, 2.24) is 4.57 Å². The third-order valence-electron chi connectivity index (χ3n) is 6.22. The van der Waals surface area contributed by atoms with E-state index in [0.29, 0.717) is 23.8 Å². The van der Waals surface area contributed by atoms with Crippen molar-refractivity contribution >= 4 is 22.5 Å². The van der Waals surface area contributed by atoms with E-state index in [9.17, 15) is 10.2 Å². The highest BCUT2D eigenvalue weighted by atomic mass is 35.5. The lowest BCUT2D eigenvalue weighted by molar-refractivity contribution is 0.156. The average molecular weight is 414 g/mol. The van der Waals surface area contributed by atoms with Gasteiger partial charge in [0.1, 0.15) is 5.75 Å². The summed E-state index contributed by atoms with van der Waals surface area (Å²) in [6, 6.07) is 11.5. The molecule has 0 amide bonds. The van der Waals surface area contributed by atoms with Crippen LogP contribution < -0.4 is 4.74 Å². The second-order valence-corrected chi connectivity index (χ2v) is 8.56. The molecule has 2 N–H and O–H groups in total. The Balaban J connectivity index is 1.74. The molecule has 154 valence electrons. The molecule has 2 atom stereocenters. The third kappa shape index (κ3) is 3.89. The summed E-state index contributed by atoms with van der Waals surface area (Å²) < 4.78 is 7.56. The van der Waals surface area contributed by atoms with Crippen LogP contribution in [0, 0.1) is 5.92 Å². The predicted octanol–water partition coefficient (Wildman–Crippen LogP) is 5.04. The number of fused-ring (bicyclic) bond motifs is 3. The van der Waals surface area contributed by atoms with Gasteiger partial charge in [0.05, 0.1) is 26.4 Å². The first-order valence-electron chi connectivity index (χ1n) is 10.3. The van der Waals surface area contributed by atoms with E-state index >= 15 is 0 Å². The van der Waals surface area contributed by atoms with Gasteiger partial charge in [0, 0.05) is 27.2 Å². The number of nitrogens with zero attached hydrogens (tertiary/aromatic N) is 1. The van der Waals surface area contributed by atoms with Gasteiger partial charge in [-0.25, -0.2) is 0 Å². The second kappa shape index (κ2) is 8.39. The van der Waals surface area contributed by atoms with Gasteiger partial charge in [0.25, 0.3) is 0 Å². The summed E-state index contributed by atoms with van der Waals surface area (Å²) in [5, 5.41) is 22.6. The zero-order valence-electron chi connectivity index (χ0n) is 17.0. The summed E-state index contributed by atoms with van der Waals surface area (Å²) in [7, 11) is 1.58. The van der Waals surface area contributed by atoms with Gasteiger partial charge < -0.3 is 19.5 Å². The smallest absolute Gasteiger partial charge is 0.124 e. The summed E-state index contributed by atoms with van der Waals surface area (Å²) in [4.78, 5) is 0. The number of aliphatic hydroxyl groups excluding tert-OH is 2. The maximum atomic E-state index is 11.0. The minimum absolute atomic E-state index is 0.123. The van der Waals surface area contributed by atoms with Crippen LogP contribution in [0.3, 0.4) is 0 Å². The zero-order valence-corrected chi connectivity index (χ0v) is 17.7. The van der Waals surface area contributed by atoms with Crippen LogP contribution in [0.15, 0.2) is 36.4 Å². The van der Waals surface area contributed by atoms with Crippen molar-refractivity contribution in [2.75, 3.05) is 7.11 Å². The van der Waals surface area contributed by atoms with E-state index in [1.807, 2.05) is 18.2 Å². The van der Waals surface area contributed by atoms with E-state index in [0.717, 1.165) is 35.4 Å². The Morgan fingerprint density at radius 3 is 2.72 bits per heavy atom. The number of halogens is 1. The number of aromatic nitrogens is 1. The van der Waals surface area contributed by atoms with Crippen molar-refractivity contribution in [3.63, 3.8) is 0 Å². The highest BCUT2D eigenvalue weighted by Crippen LogP contribution is 2.36. The van der Waals surface area contributed by atoms with E-state index in [-0.39, 0.29) is 6.61 Å². The molecule has 1 aliphatic rings. The molecule has 29 heavy (non-hydrogen) atoms. The maximum Gasteiger partial charge on any atom is 0.124 e. The first-order valence-corrected chi connectivity index (χ1v) is 10.6. The van der Waals surface area contributed by atoms with Crippen LogP contribution in [0.1, 0.15) is 48.3 Å². The van der Waals surface area contributed by atoms with E-state index < -0.39 is 6.10 Å². The average Bonchev–Trinajstić information content (AvgIpc) is 2.86. The number of hydrogen-bond acceptors (Lipinski definition) is 3. The van der Waals surface area contributed by atoms with E-state index in [2.05, 4.69) is 23.6 Å². The number of aryl methyl sites for hydroxylation is 1. The summed E-state index contributed by atoms with van der Waals surface area (Å²) in [5.74, 6) is 1.33. The lowest BCUT2D eigenvalue weighted by Gasteiger charge is -2.18. The molecule has 4 nitrogen and oxygen atoms in total. The van der Waals surface area contributed by atoms with E-state index in [4.69, 9.17) is 16.3 Å².